The molecule has 0 bridgehead atoms. The molecule has 35 heavy (non-hydrogen) atoms. The van der Waals surface area contributed by atoms with E-state index in [4.69, 9.17) is 16.2 Å². The van der Waals surface area contributed by atoms with Crippen molar-refractivity contribution in [3.63, 3.8) is 0 Å². The van der Waals surface area contributed by atoms with Crippen molar-refractivity contribution in [3.8, 4) is 11.5 Å². The van der Waals surface area contributed by atoms with Gasteiger partial charge in [0.1, 0.15) is 17.3 Å². The molecule has 0 spiro atoms. The Bertz CT molecular complexity index is 1500. The van der Waals surface area contributed by atoms with E-state index in [1.54, 1.807) is 6.20 Å². The second kappa shape index (κ2) is 8.64. The summed E-state index contributed by atoms with van der Waals surface area (Å²) in [5.74, 6) is 2.15. The van der Waals surface area contributed by atoms with Crippen LogP contribution in [0.15, 0.2) is 85.1 Å². The minimum Gasteiger partial charge on any atom is -0.457 e. The summed E-state index contributed by atoms with van der Waals surface area (Å²) in [5, 5.41) is 5.35. The van der Waals surface area contributed by atoms with Crippen molar-refractivity contribution in [2.45, 2.75) is 19.0 Å². The summed E-state index contributed by atoms with van der Waals surface area (Å²) in [7, 11) is 0. The molecule has 0 saturated carbocycles. The molecule has 8 heteroatoms. The smallest absolute Gasteiger partial charge is 0.224 e. The molecular formula is C27H25N7O. The van der Waals surface area contributed by atoms with Gasteiger partial charge in [-0.05, 0) is 36.2 Å². The van der Waals surface area contributed by atoms with Gasteiger partial charge >= 0.3 is 0 Å². The van der Waals surface area contributed by atoms with Crippen molar-refractivity contribution in [1.82, 2.24) is 19.7 Å². The van der Waals surface area contributed by atoms with E-state index in [0.717, 1.165) is 30.0 Å². The van der Waals surface area contributed by atoms with E-state index in [2.05, 4.69) is 50.3 Å². The van der Waals surface area contributed by atoms with E-state index < -0.39 is 0 Å². The molecular weight excluding hydrogens is 438 g/mol. The van der Waals surface area contributed by atoms with E-state index in [1.807, 2.05) is 53.2 Å². The van der Waals surface area contributed by atoms with Gasteiger partial charge in [-0.1, -0.05) is 54.6 Å². The first kappa shape index (κ1) is 21.0. The zero-order chi connectivity index (χ0) is 23.8. The molecule has 0 saturated heterocycles. The lowest BCUT2D eigenvalue weighted by Crippen LogP contribution is -2.36. The first-order valence-corrected chi connectivity index (χ1v) is 11.6. The van der Waals surface area contributed by atoms with E-state index in [1.165, 1.54) is 11.3 Å². The van der Waals surface area contributed by atoms with Gasteiger partial charge in [0, 0.05) is 24.3 Å². The molecule has 6 rings (SSSR count). The lowest BCUT2D eigenvalue weighted by Gasteiger charge is -2.36. The van der Waals surface area contributed by atoms with Gasteiger partial charge < -0.3 is 21.1 Å². The largest absolute Gasteiger partial charge is 0.457 e. The van der Waals surface area contributed by atoms with Crippen LogP contribution in [0.3, 0.4) is 0 Å². The number of hydrogen-bond donors (Lipinski definition) is 2. The Morgan fingerprint density at radius 2 is 1.66 bits per heavy atom. The molecule has 0 fully saturated rings. The number of rotatable bonds is 5. The summed E-state index contributed by atoms with van der Waals surface area (Å²) < 4.78 is 8.16. The molecule has 8 nitrogen and oxygen atoms in total. The van der Waals surface area contributed by atoms with Crippen LogP contribution in [0.2, 0.25) is 0 Å². The number of para-hydroxylation sites is 3. The van der Waals surface area contributed by atoms with Gasteiger partial charge in [0.2, 0.25) is 5.95 Å². The van der Waals surface area contributed by atoms with Crippen LogP contribution in [-0.4, -0.2) is 26.3 Å². The summed E-state index contributed by atoms with van der Waals surface area (Å²) in [6.07, 6.45) is 2.55. The fourth-order valence-corrected chi connectivity index (χ4v) is 4.76. The molecule has 0 amide bonds. The third-order valence-electron chi connectivity index (χ3n) is 6.37. The normalized spacial score (nSPS) is 15.2. The minimum atomic E-state index is 0.0540. The van der Waals surface area contributed by atoms with Crippen molar-refractivity contribution < 1.29 is 4.74 Å². The Hall–Kier alpha value is -4.59. The van der Waals surface area contributed by atoms with Gasteiger partial charge in [0.15, 0.2) is 5.65 Å². The maximum Gasteiger partial charge on any atom is 0.224 e. The summed E-state index contributed by atoms with van der Waals surface area (Å²) in [6.45, 7) is 1.44. The fraction of sp³-hybridized carbons (Fsp3) is 0.148. The van der Waals surface area contributed by atoms with Gasteiger partial charge in [-0.25, -0.2) is 4.68 Å². The quantitative estimate of drug-likeness (QED) is 0.392. The van der Waals surface area contributed by atoms with E-state index >= 15 is 0 Å². The number of fused-ring (bicyclic) bond motifs is 2. The van der Waals surface area contributed by atoms with Gasteiger partial charge in [-0.15, -0.1) is 0 Å². The second-order valence-corrected chi connectivity index (χ2v) is 8.68. The first-order chi connectivity index (χ1) is 17.2. The average Bonchev–Trinajstić information content (AvgIpc) is 3.30. The van der Waals surface area contributed by atoms with Crippen LogP contribution < -0.4 is 21.1 Å². The molecule has 2 aromatic heterocycles. The van der Waals surface area contributed by atoms with Crippen LogP contribution in [0.25, 0.3) is 11.0 Å². The number of ether oxygens (including phenoxy) is 1. The molecule has 5 aromatic rings. The highest BCUT2D eigenvalue weighted by molar-refractivity contribution is 5.86. The Balaban J connectivity index is 1.35. The topological polar surface area (TPSA) is 108 Å². The Morgan fingerprint density at radius 3 is 2.54 bits per heavy atom. The third-order valence-corrected chi connectivity index (χ3v) is 6.37. The molecule has 174 valence electrons. The van der Waals surface area contributed by atoms with Gasteiger partial charge in [0.05, 0.1) is 17.6 Å². The van der Waals surface area contributed by atoms with Crippen LogP contribution in [-0.2, 0) is 13.0 Å². The molecule has 1 atom stereocenters. The Labute approximate surface area is 202 Å². The fourth-order valence-electron chi connectivity index (χ4n) is 4.76. The van der Waals surface area contributed by atoms with Crippen molar-refractivity contribution in [2.75, 3.05) is 22.9 Å². The molecule has 0 aliphatic carbocycles. The average molecular weight is 464 g/mol. The SMILES string of the molecule is Nc1nc(N)c2cnn(C3Cc4ccccc4N(Cc4ccccc4Oc4ccccc4)C3)c2n1. The number of nitrogens with zero attached hydrogens (tertiary/aromatic N) is 5. The van der Waals surface area contributed by atoms with Crippen LogP contribution in [0, 0.1) is 0 Å². The molecule has 4 N–H and O–H groups in total. The van der Waals surface area contributed by atoms with E-state index in [9.17, 15) is 0 Å². The van der Waals surface area contributed by atoms with Gasteiger partial charge in [-0.3, -0.25) is 0 Å². The molecule has 3 heterocycles. The summed E-state index contributed by atoms with van der Waals surface area (Å²) in [6, 6.07) is 26.6. The second-order valence-electron chi connectivity index (χ2n) is 8.68. The predicted molar refractivity (Wildman–Crippen MR) is 137 cm³/mol. The number of nitrogen functional groups attached to an aromatic ring is 2. The van der Waals surface area contributed by atoms with Crippen molar-refractivity contribution in [2.24, 2.45) is 0 Å². The summed E-state index contributed by atoms with van der Waals surface area (Å²) in [4.78, 5) is 10.9. The first-order valence-electron chi connectivity index (χ1n) is 11.6. The van der Waals surface area contributed by atoms with E-state index in [-0.39, 0.29) is 12.0 Å². The highest BCUT2D eigenvalue weighted by atomic mass is 16.5. The maximum atomic E-state index is 6.23. The molecule has 1 aliphatic heterocycles. The number of aromatic nitrogens is 4. The van der Waals surface area contributed by atoms with Crippen LogP contribution in [0.5, 0.6) is 11.5 Å². The highest BCUT2D eigenvalue weighted by Crippen LogP contribution is 2.36. The summed E-state index contributed by atoms with van der Waals surface area (Å²) >= 11 is 0. The lowest BCUT2D eigenvalue weighted by atomic mass is 9.97. The molecule has 3 aromatic carbocycles. The molecule has 1 aliphatic rings. The summed E-state index contributed by atoms with van der Waals surface area (Å²) in [5.41, 5.74) is 16.2. The zero-order valence-corrected chi connectivity index (χ0v) is 19.1. The molecule has 0 radical (unpaired) electrons. The third kappa shape index (κ3) is 3.99. The van der Waals surface area contributed by atoms with Crippen molar-refractivity contribution in [3.05, 3.63) is 96.2 Å². The van der Waals surface area contributed by atoms with Gasteiger partial charge in [-0.2, -0.15) is 15.1 Å². The number of nitrogens with two attached hydrogens (primary N) is 2. The van der Waals surface area contributed by atoms with Crippen LogP contribution >= 0.6 is 0 Å². The minimum absolute atomic E-state index is 0.0540. The van der Waals surface area contributed by atoms with Gasteiger partial charge in [0.25, 0.3) is 0 Å². The van der Waals surface area contributed by atoms with Crippen molar-refractivity contribution in [1.29, 1.82) is 0 Å². The Kier molecular flexibility index (Phi) is 5.18. The monoisotopic (exact) mass is 463 g/mol. The van der Waals surface area contributed by atoms with Crippen molar-refractivity contribution >= 4 is 28.5 Å². The standard InChI is InChI=1S/C27H25N7O/c28-25-22-15-30-34(26(22)32-27(29)31-25)20-14-18-8-4-6-12-23(18)33(17-20)16-19-9-5-7-13-24(19)35-21-10-2-1-3-11-21/h1-13,15,20H,14,16-17H2,(H4,28,29,31,32). The predicted octanol–water partition coefficient (Wildman–Crippen LogP) is 4.59. The van der Waals surface area contributed by atoms with Crippen LogP contribution in [0.1, 0.15) is 17.2 Å². The van der Waals surface area contributed by atoms with Crippen LogP contribution in [0.4, 0.5) is 17.5 Å². The van der Waals surface area contributed by atoms with E-state index in [0.29, 0.717) is 23.4 Å². The molecule has 1 unspecified atom stereocenters. The number of hydrogen-bond acceptors (Lipinski definition) is 7. The zero-order valence-electron chi connectivity index (χ0n) is 19.1. The lowest BCUT2D eigenvalue weighted by molar-refractivity contribution is 0.435. The highest BCUT2D eigenvalue weighted by Gasteiger charge is 2.28. The maximum absolute atomic E-state index is 6.23. The Morgan fingerprint density at radius 1 is 0.886 bits per heavy atom. The number of benzene rings is 3. The number of anilines is 3.